The van der Waals surface area contributed by atoms with Crippen molar-refractivity contribution in [3.8, 4) is 0 Å². The summed E-state index contributed by atoms with van der Waals surface area (Å²) < 4.78 is 0. The molecule has 0 spiro atoms. The van der Waals surface area contributed by atoms with Gasteiger partial charge in [-0.15, -0.1) is 39.2 Å². The zero-order chi connectivity index (χ0) is 11.8. The van der Waals surface area contributed by atoms with Crippen molar-refractivity contribution in [1.82, 2.24) is 0 Å². The summed E-state index contributed by atoms with van der Waals surface area (Å²) in [7, 11) is -0.429. The van der Waals surface area contributed by atoms with E-state index in [1.165, 1.54) is 21.9 Å². The smallest absolute Gasteiger partial charge is 1.00 e. The van der Waals surface area contributed by atoms with Gasteiger partial charge in [-0.05, 0) is 6.42 Å². The summed E-state index contributed by atoms with van der Waals surface area (Å²) in [6, 6.07) is 11.2. The summed E-state index contributed by atoms with van der Waals surface area (Å²) in [5.41, 5.74) is 2.98. The maximum atomic E-state index is 2.39. The number of rotatable bonds is 2. The molecule has 20 heavy (non-hydrogen) atoms. The summed E-state index contributed by atoms with van der Waals surface area (Å²) in [5, 5.41) is 4.48. The summed E-state index contributed by atoms with van der Waals surface area (Å²) in [4.78, 5) is 0. The number of halogens is 2. The van der Waals surface area contributed by atoms with Crippen molar-refractivity contribution in [1.29, 1.82) is 0 Å². The Kier molecular flexibility index (Phi) is 9.51. The van der Waals surface area contributed by atoms with E-state index in [1.807, 2.05) is 0 Å². The Labute approximate surface area is 176 Å². The molecule has 0 fully saturated rings. The van der Waals surface area contributed by atoms with Gasteiger partial charge < -0.3 is 48.0 Å². The van der Waals surface area contributed by atoms with Crippen LogP contribution in [-0.4, -0.2) is 8.80 Å². The monoisotopic (exact) mass is 580 g/mol. The van der Waals surface area contributed by atoms with Crippen LogP contribution < -0.4 is 53.1 Å². The molecule has 0 aromatic heterocycles. The van der Waals surface area contributed by atoms with Crippen molar-refractivity contribution in [2.45, 2.75) is 19.5 Å². The van der Waals surface area contributed by atoms with Gasteiger partial charge in [-0.25, -0.2) is 0 Å². The third-order valence-electron chi connectivity index (χ3n) is 3.42. The normalized spacial score (nSPS) is 12.7. The molecular weight excluding hydrogens is 565 g/mol. The largest absolute Gasteiger partial charge is 3.00 e. The second-order valence-electron chi connectivity index (χ2n) is 4.84. The summed E-state index contributed by atoms with van der Waals surface area (Å²) in [6.07, 6.45) is 7.78. The molecule has 3 rings (SSSR count). The van der Waals surface area contributed by atoms with E-state index in [1.54, 1.807) is 5.19 Å². The Morgan fingerprint density at radius 1 is 1.10 bits per heavy atom. The van der Waals surface area contributed by atoms with Crippen LogP contribution in [0, 0.1) is 0 Å². The molecule has 0 N–H and O–H groups in total. The SMILES string of the molecule is C[Si](C)c1c(C2=CC=CC2)[cH-]c2ccccc12.[I-].[I-].[Zr+3]. The Morgan fingerprint density at radius 3 is 2.40 bits per heavy atom. The predicted octanol–water partition coefficient (Wildman–Crippen LogP) is -2.13. The van der Waals surface area contributed by atoms with E-state index >= 15 is 0 Å². The molecule has 2 radical (unpaired) electrons. The average molecular weight is 581 g/mol. The van der Waals surface area contributed by atoms with Crippen LogP contribution in [0.4, 0.5) is 0 Å². The van der Waals surface area contributed by atoms with Crippen molar-refractivity contribution >= 4 is 30.3 Å². The van der Waals surface area contributed by atoms with Crippen LogP contribution in [0.2, 0.25) is 13.1 Å². The van der Waals surface area contributed by atoms with Crippen molar-refractivity contribution in [3.63, 3.8) is 0 Å². The zero-order valence-electron chi connectivity index (χ0n) is 11.6. The molecule has 0 heterocycles. The fourth-order valence-corrected chi connectivity index (χ4v) is 4.20. The number of allylic oxidation sites excluding steroid dienone is 4. The van der Waals surface area contributed by atoms with Gasteiger partial charge in [0.1, 0.15) is 0 Å². The molecule has 0 aliphatic heterocycles. The van der Waals surface area contributed by atoms with Gasteiger partial charge in [0.15, 0.2) is 0 Å². The van der Waals surface area contributed by atoms with Crippen LogP contribution in [0.15, 0.2) is 48.6 Å². The average Bonchev–Trinajstić information content (AvgIpc) is 2.95. The van der Waals surface area contributed by atoms with E-state index in [0.29, 0.717) is 0 Å². The van der Waals surface area contributed by atoms with Gasteiger partial charge in [0.25, 0.3) is 0 Å². The number of benzene rings is 1. The van der Waals surface area contributed by atoms with E-state index in [-0.39, 0.29) is 74.2 Å². The van der Waals surface area contributed by atoms with Crippen LogP contribution in [0.1, 0.15) is 12.0 Å². The van der Waals surface area contributed by atoms with E-state index in [9.17, 15) is 0 Å². The Balaban J connectivity index is 0.00000120. The van der Waals surface area contributed by atoms with Crippen molar-refractivity contribution in [2.75, 3.05) is 0 Å². The molecule has 0 atom stereocenters. The van der Waals surface area contributed by atoms with E-state index < -0.39 is 8.80 Å². The van der Waals surface area contributed by atoms with Crippen LogP contribution in [0.3, 0.4) is 0 Å². The van der Waals surface area contributed by atoms with Crippen molar-refractivity contribution in [3.05, 3.63) is 54.1 Å². The molecule has 1 aliphatic carbocycles. The Bertz CT molecular complexity index is 626. The van der Waals surface area contributed by atoms with Gasteiger partial charge in [-0.2, -0.15) is 0 Å². The van der Waals surface area contributed by atoms with Gasteiger partial charge >= 0.3 is 26.2 Å². The van der Waals surface area contributed by atoms with E-state index in [4.69, 9.17) is 0 Å². The molecule has 0 saturated carbocycles. The van der Waals surface area contributed by atoms with Crippen LogP contribution in [0.5, 0.6) is 0 Å². The molecule has 2 aromatic carbocycles. The number of hydrogen-bond donors (Lipinski definition) is 0. The van der Waals surface area contributed by atoms with Gasteiger partial charge in [0.2, 0.25) is 0 Å². The first kappa shape index (κ1) is 20.9. The fraction of sp³-hybridized carbons (Fsp3) is 0.188. The predicted molar refractivity (Wildman–Crippen MR) is 78.4 cm³/mol. The summed E-state index contributed by atoms with van der Waals surface area (Å²) in [5.74, 6) is 0. The Morgan fingerprint density at radius 2 is 1.80 bits per heavy atom. The molecule has 1 aliphatic rings. The van der Waals surface area contributed by atoms with Gasteiger partial charge in [-0.1, -0.05) is 49.5 Å². The molecule has 0 saturated heterocycles. The first-order valence-electron chi connectivity index (χ1n) is 6.12. The third kappa shape index (κ3) is 3.99. The van der Waals surface area contributed by atoms with Crippen molar-refractivity contribution in [2.24, 2.45) is 0 Å². The minimum atomic E-state index is -0.429. The standard InChI is InChI=1S/C16H16Si.2HI.Zr/c1-17(2)16-14-10-6-5-9-13(14)11-15(16)12-7-3-4-8-12;;;/h3-7,9-11H,8H2,1-2H3;2*1H;/q-1;;;+3/p-2. The van der Waals surface area contributed by atoms with Gasteiger partial charge in [-0.3, -0.25) is 0 Å². The van der Waals surface area contributed by atoms with E-state index in [2.05, 4.69) is 61.7 Å². The molecule has 0 bridgehead atoms. The topological polar surface area (TPSA) is 0 Å². The van der Waals surface area contributed by atoms with Crippen molar-refractivity contribution < 1.29 is 74.2 Å². The minimum Gasteiger partial charge on any atom is -1.00 e. The molecule has 0 unspecified atom stereocenters. The quantitative estimate of drug-likeness (QED) is 0.216. The maximum absolute atomic E-state index is 2.39. The summed E-state index contributed by atoms with van der Waals surface area (Å²) in [6.45, 7) is 4.78. The molecule has 0 nitrogen and oxygen atoms in total. The van der Waals surface area contributed by atoms with Gasteiger partial charge in [0.05, 0.1) is 0 Å². The first-order chi connectivity index (χ1) is 8.27. The maximum Gasteiger partial charge on any atom is 3.00 e. The second-order valence-corrected chi connectivity index (χ2v) is 7.34. The molecule has 2 aromatic rings. The molecule has 0 amide bonds. The molecule has 102 valence electrons. The number of fused-ring (bicyclic) bond motifs is 1. The van der Waals surface area contributed by atoms with Crippen LogP contribution in [-0.2, 0) is 26.2 Å². The zero-order valence-corrected chi connectivity index (χ0v) is 19.4. The van der Waals surface area contributed by atoms with Gasteiger partial charge in [0, 0.05) is 8.80 Å². The van der Waals surface area contributed by atoms with Crippen LogP contribution >= 0.6 is 0 Å². The minimum absolute atomic E-state index is 0. The molecule has 4 heteroatoms. The van der Waals surface area contributed by atoms with Crippen LogP contribution in [0.25, 0.3) is 16.3 Å². The summed E-state index contributed by atoms with van der Waals surface area (Å²) >= 11 is 0. The molecular formula is C16H16I2SiZr. The first-order valence-corrected chi connectivity index (χ1v) is 8.62. The Hall–Kier alpha value is 0.870. The van der Waals surface area contributed by atoms with E-state index in [0.717, 1.165) is 6.42 Å². The second kappa shape index (κ2) is 9.11. The third-order valence-corrected chi connectivity index (χ3v) is 4.96. The fourth-order valence-electron chi connectivity index (χ4n) is 2.66. The number of hydrogen-bond acceptors (Lipinski definition) is 0.